The number of aromatic nitrogens is 2. The molecule has 0 aromatic carbocycles. The molecule has 1 atom stereocenters. The van der Waals surface area contributed by atoms with Crippen LogP contribution in [0.2, 0.25) is 0 Å². The third-order valence-corrected chi connectivity index (χ3v) is 3.48. The SMILES string of the molecule is CCn1nc(C)cc1C(N)C1CCCC1. The van der Waals surface area contributed by atoms with E-state index in [1.54, 1.807) is 0 Å². The van der Waals surface area contributed by atoms with Crippen LogP contribution in [0.15, 0.2) is 6.07 Å². The minimum atomic E-state index is 0.189. The van der Waals surface area contributed by atoms with Crippen molar-refractivity contribution >= 4 is 0 Å². The molecule has 1 unspecified atom stereocenters. The summed E-state index contributed by atoms with van der Waals surface area (Å²) in [7, 11) is 0. The summed E-state index contributed by atoms with van der Waals surface area (Å²) in [6.45, 7) is 5.08. The first-order valence-electron chi connectivity index (χ1n) is 6.02. The van der Waals surface area contributed by atoms with Gasteiger partial charge in [-0.15, -0.1) is 0 Å². The van der Waals surface area contributed by atoms with Crippen LogP contribution in [0, 0.1) is 12.8 Å². The van der Waals surface area contributed by atoms with Crippen LogP contribution in [-0.4, -0.2) is 9.78 Å². The largest absolute Gasteiger partial charge is 0.322 e. The lowest BCUT2D eigenvalue weighted by Gasteiger charge is -2.19. The fourth-order valence-electron chi connectivity index (χ4n) is 2.65. The molecule has 0 radical (unpaired) electrons. The average Bonchev–Trinajstić information content (AvgIpc) is 2.84. The van der Waals surface area contributed by atoms with E-state index in [1.165, 1.54) is 31.4 Å². The van der Waals surface area contributed by atoms with Crippen molar-refractivity contribution in [1.29, 1.82) is 0 Å². The van der Waals surface area contributed by atoms with Gasteiger partial charge in [-0.05, 0) is 38.7 Å². The number of nitrogens with two attached hydrogens (primary N) is 1. The molecule has 1 heterocycles. The topological polar surface area (TPSA) is 43.8 Å². The summed E-state index contributed by atoms with van der Waals surface area (Å²) in [4.78, 5) is 0. The molecule has 1 aliphatic carbocycles. The Labute approximate surface area is 91.7 Å². The molecule has 1 aliphatic rings. The Morgan fingerprint density at radius 2 is 2.20 bits per heavy atom. The summed E-state index contributed by atoms with van der Waals surface area (Å²) in [5.74, 6) is 0.673. The molecule has 0 bridgehead atoms. The fourth-order valence-corrected chi connectivity index (χ4v) is 2.65. The molecular formula is C12H21N3. The van der Waals surface area contributed by atoms with E-state index in [9.17, 15) is 0 Å². The van der Waals surface area contributed by atoms with E-state index in [2.05, 4.69) is 22.8 Å². The number of nitrogens with zero attached hydrogens (tertiary/aromatic N) is 2. The summed E-state index contributed by atoms with van der Waals surface area (Å²) < 4.78 is 2.05. The van der Waals surface area contributed by atoms with Gasteiger partial charge >= 0.3 is 0 Å². The van der Waals surface area contributed by atoms with Gasteiger partial charge in [-0.2, -0.15) is 5.10 Å². The monoisotopic (exact) mass is 207 g/mol. The summed E-state index contributed by atoms with van der Waals surface area (Å²) in [6, 6.07) is 2.33. The van der Waals surface area contributed by atoms with Gasteiger partial charge in [-0.3, -0.25) is 4.68 Å². The van der Waals surface area contributed by atoms with Gasteiger partial charge in [0.05, 0.1) is 11.4 Å². The van der Waals surface area contributed by atoms with Gasteiger partial charge in [0, 0.05) is 12.6 Å². The maximum absolute atomic E-state index is 6.33. The number of rotatable bonds is 3. The molecule has 0 aliphatic heterocycles. The van der Waals surface area contributed by atoms with Crippen molar-refractivity contribution in [2.45, 2.75) is 52.1 Å². The summed E-state index contributed by atoms with van der Waals surface area (Å²) >= 11 is 0. The van der Waals surface area contributed by atoms with Crippen molar-refractivity contribution in [2.24, 2.45) is 11.7 Å². The Hall–Kier alpha value is -0.830. The predicted octanol–water partition coefficient (Wildman–Crippen LogP) is 2.40. The van der Waals surface area contributed by atoms with Gasteiger partial charge in [0.1, 0.15) is 0 Å². The minimum Gasteiger partial charge on any atom is -0.322 e. The highest BCUT2D eigenvalue weighted by Crippen LogP contribution is 2.34. The van der Waals surface area contributed by atoms with Crippen molar-refractivity contribution < 1.29 is 0 Å². The zero-order valence-corrected chi connectivity index (χ0v) is 9.74. The lowest BCUT2D eigenvalue weighted by atomic mass is 9.96. The van der Waals surface area contributed by atoms with Crippen molar-refractivity contribution in [3.05, 3.63) is 17.5 Å². The van der Waals surface area contributed by atoms with Crippen LogP contribution < -0.4 is 5.73 Å². The van der Waals surface area contributed by atoms with E-state index in [4.69, 9.17) is 5.73 Å². The van der Waals surface area contributed by atoms with Crippen LogP contribution in [0.25, 0.3) is 0 Å². The summed E-state index contributed by atoms with van der Waals surface area (Å²) in [5.41, 5.74) is 8.64. The molecular weight excluding hydrogens is 186 g/mol. The summed E-state index contributed by atoms with van der Waals surface area (Å²) in [5, 5.41) is 4.46. The molecule has 3 heteroatoms. The number of hydrogen-bond donors (Lipinski definition) is 1. The van der Waals surface area contributed by atoms with Gasteiger partial charge in [-0.25, -0.2) is 0 Å². The second-order valence-electron chi connectivity index (χ2n) is 4.60. The quantitative estimate of drug-likeness (QED) is 0.827. The highest BCUT2D eigenvalue weighted by atomic mass is 15.3. The molecule has 0 saturated heterocycles. The standard InChI is InChI=1S/C12H21N3/c1-3-15-11(8-9(2)14-15)12(13)10-6-4-5-7-10/h8,10,12H,3-7,13H2,1-2H3. The third kappa shape index (κ3) is 2.07. The van der Waals surface area contributed by atoms with E-state index >= 15 is 0 Å². The van der Waals surface area contributed by atoms with E-state index in [0.29, 0.717) is 5.92 Å². The summed E-state index contributed by atoms with van der Waals surface area (Å²) in [6.07, 6.45) is 5.26. The first kappa shape index (κ1) is 10.7. The molecule has 0 spiro atoms. The minimum absolute atomic E-state index is 0.189. The first-order chi connectivity index (χ1) is 7.22. The molecule has 1 aromatic rings. The van der Waals surface area contributed by atoms with Crippen LogP contribution in [0.1, 0.15) is 50.0 Å². The van der Waals surface area contributed by atoms with Crippen LogP contribution in [0.5, 0.6) is 0 Å². The second-order valence-corrected chi connectivity index (χ2v) is 4.60. The van der Waals surface area contributed by atoms with Gasteiger partial charge < -0.3 is 5.73 Å². The highest BCUT2D eigenvalue weighted by Gasteiger charge is 2.25. The molecule has 15 heavy (non-hydrogen) atoms. The van der Waals surface area contributed by atoms with Crippen LogP contribution in [-0.2, 0) is 6.54 Å². The maximum atomic E-state index is 6.33. The maximum Gasteiger partial charge on any atom is 0.0597 e. The Morgan fingerprint density at radius 3 is 2.80 bits per heavy atom. The second kappa shape index (κ2) is 4.35. The lowest BCUT2D eigenvalue weighted by Crippen LogP contribution is -2.22. The predicted molar refractivity (Wildman–Crippen MR) is 61.5 cm³/mol. The Kier molecular flexibility index (Phi) is 3.10. The molecule has 1 fully saturated rings. The first-order valence-corrected chi connectivity index (χ1v) is 6.02. The molecule has 84 valence electrons. The Balaban J connectivity index is 2.19. The van der Waals surface area contributed by atoms with Crippen LogP contribution >= 0.6 is 0 Å². The molecule has 1 saturated carbocycles. The molecule has 0 amide bonds. The van der Waals surface area contributed by atoms with E-state index in [0.717, 1.165) is 12.2 Å². The van der Waals surface area contributed by atoms with E-state index in [1.807, 2.05) is 6.92 Å². The van der Waals surface area contributed by atoms with Crippen molar-refractivity contribution in [3.8, 4) is 0 Å². The smallest absolute Gasteiger partial charge is 0.0597 e. The third-order valence-electron chi connectivity index (χ3n) is 3.48. The van der Waals surface area contributed by atoms with Gasteiger partial charge in [-0.1, -0.05) is 12.8 Å². The zero-order chi connectivity index (χ0) is 10.8. The van der Waals surface area contributed by atoms with Crippen LogP contribution in [0.3, 0.4) is 0 Å². The van der Waals surface area contributed by atoms with Crippen molar-refractivity contribution in [2.75, 3.05) is 0 Å². The lowest BCUT2D eigenvalue weighted by molar-refractivity contribution is 0.415. The average molecular weight is 207 g/mol. The molecule has 1 aromatic heterocycles. The van der Waals surface area contributed by atoms with Gasteiger partial charge in [0.25, 0.3) is 0 Å². The fraction of sp³-hybridized carbons (Fsp3) is 0.750. The molecule has 2 N–H and O–H groups in total. The van der Waals surface area contributed by atoms with E-state index in [-0.39, 0.29) is 6.04 Å². The van der Waals surface area contributed by atoms with E-state index < -0.39 is 0 Å². The molecule has 2 rings (SSSR count). The Bertz CT molecular complexity index is 324. The van der Waals surface area contributed by atoms with Crippen molar-refractivity contribution in [3.63, 3.8) is 0 Å². The van der Waals surface area contributed by atoms with Crippen LogP contribution in [0.4, 0.5) is 0 Å². The number of hydrogen-bond acceptors (Lipinski definition) is 2. The molecule has 3 nitrogen and oxygen atoms in total. The zero-order valence-electron chi connectivity index (χ0n) is 9.74. The number of aryl methyl sites for hydroxylation is 2. The highest BCUT2D eigenvalue weighted by molar-refractivity contribution is 5.14. The van der Waals surface area contributed by atoms with Crippen molar-refractivity contribution in [1.82, 2.24) is 9.78 Å². The van der Waals surface area contributed by atoms with Gasteiger partial charge in [0.15, 0.2) is 0 Å². The van der Waals surface area contributed by atoms with Gasteiger partial charge in [0.2, 0.25) is 0 Å². The Morgan fingerprint density at radius 1 is 1.53 bits per heavy atom. The normalized spacial score (nSPS) is 19.7.